The Hall–Kier alpha value is -1.17. The van der Waals surface area contributed by atoms with Crippen LogP contribution in [0.5, 0.6) is 0 Å². The minimum absolute atomic E-state index is 0.212. The molecule has 1 rings (SSSR count). The number of methoxy groups -OCH3 is 2. The van der Waals surface area contributed by atoms with Crippen LogP contribution in [0, 0.1) is 0 Å². The second-order valence-corrected chi connectivity index (χ2v) is 2.92. The van der Waals surface area contributed by atoms with Crippen LogP contribution in [0.1, 0.15) is 0 Å². The van der Waals surface area contributed by atoms with Gasteiger partial charge in [-0.15, -0.1) is 0 Å². The van der Waals surface area contributed by atoms with Gasteiger partial charge < -0.3 is 14.8 Å². The molecule has 0 fully saturated rings. The van der Waals surface area contributed by atoms with E-state index in [0.29, 0.717) is 13.2 Å². The van der Waals surface area contributed by atoms with Crippen molar-refractivity contribution in [3.63, 3.8) is 0 Å². The van der Waals surface area contributed by atoms with Crippen LogP contribution in [0.4, 0.5) is 5.82 Å². The smallest absolute Gasteiger partial charge is 0.169 e. The van der Waals surface area contributed by atoms with Gasteiger partial charge in [0.1, 0.15) is 5.82 Å². The van der Waals surface area contributed by atoms with Gasteiger partial charge in [-0.2, -0.15) is 0 Å². The molecule has 0 atom stereocenters. The quantitative estimate of drug-likeness (QED) is 0.512. The molecule has 1 heterocycles. The maximum atomic E-state index is 5.02. The van der Waals surface area contributed by atoms with E-state index < -0.39 is 0 Å². The number of anilines is 1. The lowest BCUT2D eigenvalue weighted by molar-refractivity contribution is -0.0984. The lowest BCUT2D eigenvalue weighted by Crippen LogP contribution is -2.33. The summed E-state index contributed by atoms with van der Waals surface area (Å²) in [5.74, 6) is 0.844. The third-order valence-corrected chi connectivity index (χ3v) is 1.90. The Labute approximate surface area is 89.8 Å². The highest BCUT2D eigenvalue weighted by Gasteiger charge is 2.02. The van der Waals surface area contributed by atoms with Crippen molar-refractivity contribution >= 4 is 5.82 Å². The number of rotatable bonds is 7. The van der Waals surface area contributed by atoms with Crippen LogP contribution in [-0.4, -0.2) is 38.7 Å². The van der Waals surface area contributed by atoms with Gasteiger partial charge in [-0.3, -0.25) is 5.32 Å². The minimum atomic E-state index is -0.212. The summed E-state index contributed by atoms with van der Waals surface area (Å²) in [5, 5.41) is 6.25. The van der Waals surface area contributed by atoms with Crippen LogP contribution in [0.25, 0.3) is 0 Å². The van der Waals surface area contributed by atoms with Crippen molar-refractivity contribution in [2.24, 2.45) is 0 Å². The second-order valence-electron chi connectivity index (χ2n) is 2.92. The molecule has 2 N–H and O–H groups in total. The zero-order valence-corrected chi connectivity index (χ0v) is 9.06. The highest BCUT2D eigenvalue weighted by Crippen LogP contribution is 1.97. The van der Waals surface area contributed by atoms with Crippen LogP contribution in [-0.2, 0) is 9.47 Å². The van der Waals surface area contributed by atoms with Gasteiger partial charge in [0.15, 0.2) is 6.29 Å². The van der Waals surface area contributed by atoms with Gasteiger partial charge in [0.25, 0.3) is 0 Å². The average Bonchev–Trinajstić information content (AvgIpc) is 2.31. The molecule has 1 aromatic rings. The number of aromatic nitrogens is 1. The summed E-state index contributed by atoms with van der Waals surface area (Å²) in [4.78, 5) is 4.12. The summed E-state index contributed by atoms with van der Waals surface area (Å²) in [6.45, 7) is 1.26. The maximum Gasteiger partial charge on any atom is 0.169 e. The van der Waals surface area contributed by atoms with E-state index >= 15 is 0 Å². The third kappa shape index (κ3) is 4.73. The molecule has 0 aliphatic heterocycles. The molecular formula is C10H17N3O2. The largest absolute Gasteiger partial charge is 0.358 e. The van der Waals surface area contributed by atoms with Gasteiger partial charge >= 0.3 is 0 Å². The Kier molecular flexibility index (Phi) is 5.69. The predicted octanol–water partition coefficient (Wildman–Crippen LogP) is 0.659. The van der Waals surface area contributed by atoms with Gasteiger partial charge in [-0.25, -0.2) is 4.98 Å². The number of nitrogens with one attached hydrogen (secondary N) is 2. The predicted molar refractivity (Wildman–Crippen MR) is 58.5 cm³/mol. The van der Waals surface area contributed by atoms with E-state index in [-0.39, 0.29) is 6.29 Å². The zero-order valence-electron chi connectivity index (χ0n) is 9.06. The van der Waals surface area contributed by atoms with Gasteiger partial charge in [0, 0.05) is 27.0 Å². The van der Waals surface area contributed by atoms with Crippen LogP contribution in [0.3, 0.4) is 0 Å². The molecule has 0 radical (unpaired) electrons. The number of hydrogen-bond acceptors (Lipinski definition) is 5. The monoisotopic (exact) mass is 211 g/mol. The fourth-order valence-electron chi connectivity index (χ4n) is 1.07. The van der Waals surface area contributed by atoms with Crippen LogP contribution < -0.4 is 10.6 Å². The lowest BCUT2D eigenvalue weighted by atomic mass is 10.5. The van der Waals surface area contributed by atoms with Crippen molar-refractivity contribution in [1.29, 1.82) is 0 Å². The molecule has 0 unspecified atom stereocenters. The van der Waals surface area contributed by atoms with Gasteiger partial charge in [0.05, 0.1) is 6.67 Å². The highest BCUT2D eigenvalue weighted by atomic mass is 16.7. The van der Waals surface area contributed by atoms with E-state index in [0.717, 1.165) is 5.82 Å². The molecule has 1 aromatic heterocycles. The van der Waals surface area contributed by atoms with Crippen molar-refractivity contribution in [3.05, 3.63) is 24.4 Å². The number of hydrogen-bond donors (Lipinski definition) is 2. The number of ether oxygens (including phenoxy) is 2. The first kappa shape index (κ1) is 11.9. The molecule has 0 saturated carbocycles. The molecule has 0 aliphatic rings. The molecule has 15 heavy (non-hydrogen) atoms. The van der Waals surface area contributed by atoms with E-state index in [1.807, 2.05) is 18.2 Å². The Balaban J connectivity index is 2.12. The van der Waals surface area contributed by atoms with E-state index in [1.54, 1.807) is 20.4 Å². The van der Waals surface area contributed by atoms with Crippen LogP contribution >= 0.6 is 0 Å². The average molecular weight is 211 g/mol. The molecule has 0 aromatic carbocycles. The van der Waals surface area contributed by atoms with E-state index in [2.05, 4.69) is 15.6 Å². The van der Waals surface area contributed by atoms with Crippen LogP contribution in [0.15, 0.2) is 24.4 Å². The summed E-state index contributed by atoms with van der Waals surface area (Å²) in [6.07, 6.45) is 1.53. The summed E-state index contributed by atoms with van der Waals surface area (Å²) in [5.41, 5.74) is 0. The van der Waals surface area contributed by atoms with Gasteiger partial charge in [0.2, 0.25) is 0 Å². The summed E-state index contributed by atoms with van der Waals surface area (Å²) < 4.78 is 10.0. The molecule has 0 saturated heterocycles. The van der Waals surface area contributed by atoms with Crippen molar-refractivity contribution in [2.75, 3.05) is 32.7 Å². The minimum Gasteiger partial charge on any atom is -0.358 e. The zero-order chi connectivity index (χ0) is 10.9. The first-order valence-corrected chi connectivity index (χ1v) is 4.78. The second kappa shape index (κ2) is 7.17. The molecule has 0 aliphatic carbocycles. The van der Waals surface area contributed by atoms with Crippen molar-refractivity contribution < 1.29 is 9.47 Å². The fourth-order valence-corrected chi connectivity index (χ4v) is 1.07. The van der Waals surface area contributed by atoms with Crippen LogP contribution in [0.2, 0.25) is 0 Å². The molecule has 0 bridgehead atoms. The Morgan fingerprint density at radius 3 is 2.73 bits per heavy atom. The molecule has 0 amide bonds. The first-order valence-electron chi connectivity index (χ1n) is 4.78. The normalized spacial score (nSPS) is 10.6. The summed E-state index contributed by atoms with van der Waals surface area (Å²) in [6, 6.07) is 5.72. The standard InChI is InChI=1S/C10H17N3O2/c1-14-10(15-2)7-11-8-13-9-5-3-4-6-12-9/h3-6,10-11H,7-8H2,1-2H3,(H,12,13). The Morgan fingerprint density at radius 2 is 2.13 bits per heavy atom. The van der Waals surface area contributed by atoms with Crippen molar-refractivity contribution in [2.45, 2.75) is 6.29 Å². The van der Waals surface area contributed by atoms with Gasteiger partial charge in [-0.05, 0) is 12.1 Å². The summed E-state index contributed by atoms with van der Waals surface area (Å²) >= 11 is 0. The Bertz CT molecular complexity index is 252. The topological polar surface area (TPSA) is 55.4 Å². The fraction of sp³-hybridized carbons (Fsp3) is 0.500. The molecule has 5 nitrogen and oxygen atoms in total. The lowest BCUT2D eigenvalue weighted by Gasteiger charge is -2.14. The summed E-state index contributed by atoms with van der Waals surface area (Å²) in [7, 11) is 3.23. The number of nitrogens with zero attached hydrogens (tertiary/aromatic N) is 1. The third-order valence-electron chi connectivity index (χ3n) is 1.90. The Morgan fingerprint density at radius 1 is 1.33 bits per heavy atom. The highest BCUT2D eigenvalue weighted by molar-refractivity contribution is 5.32. The van der Waals surface area contributed by atoms with Crippen molar-refractivity contribution in [3.8, 4) is 0 Å². The molecule has 0 spiro atoms. The SMILES string of the molecule is COC(CNCNc1ccccn1)OC. The molecule has 5 heteroatoms. The first-order chi connectivity index (χ1) is 7.36. The number of pyridine rings is 1. The van der Waals surface area contributed by atoms with Gasteiger partial charge in [-0.1, -0.05) is 6.07 Å². The maximum absolute atomic E-state index is 5.02. The van der Waals surface area contributed by atoms with E-state index in [9.17, 15) is 0 Å². The van der Waals surface area contributed by atoms with Crippen molar-refractivity contribution in [1.82, 2.24) is 10.3 Å². The van der Waals surface area contributed by atoms with E-state index in [1.165, 1.54) is 0 Å². The van der Waals surface area contributed by atoms with E-state index in [4.69, 9.17) is 9.47 Å². The molecule has 84 valence electrons. The molecular weight excluding hydrogens is 194 g/mol.